The van der Waals surface area contributed by atoms with Gasteiger partial charge in [0.25, 0.3) is 0 Å². The first-order valence-corrected chi connectivity index (χ1v) is 7.18. The fourth-order valence-electron chi connectivity index (χ4n) is 2.38. The van der Waals surface area contributed by atoms with Crippen LogP contribution in [0, 0.1) is 25.5 Å². The average Bonchev–Trinajstić information content (AvgIpc) is 2.44. The van der Waals surface area contributed by atoms with Crippen molar-refractivity contribution in [1.82, 2.24) is 5.32 Å². The van der Waals surface area contributed by atoms with Gasteiger partial charge in [-0.1, -0.05) is 29.8 Å². The van der Waals surface area contributed by atoms with Crippen molar-refractivity contribution in [2.24, 2.45) is 0 Å². The smallest absolute Gasteiger partial charge is 0.133 e. The number of hydrogen-bond acceptors (Lipinski definition) is 1. The fraction of sp³-hybridized carbons (Fsp3) is 0.294. The fourth-order valence-corrected chi connectivity index (χ4v) is 2.70. The molecule has 1 unspecified atom stereocenters. The zero-order valence-electron chi connectivity index (χ0n) is 12.3. The van der Waals surface area contributed by atoms with Crippen LogP contribution < -0.4 is 5.32 Å². The number of aryl methyl sites for hydroxylation is 2. The Bertz CT molecular complexity index is 655. The van der Waals surface area contributed by atoms with Gasteiger partial charge in [-0.3, -0.25) is 0 Å². The lowest BCUT2D eigenvalue weighted by atomic mass is 9.96. The van der Waals surface area contributed by atoms with E-state index < -0.39 is 17.7 Å². The van der Waals surface area contributed by atoms with Gasteiger partial charge in [-0.25, -0.2) is 8.78 Å². The first-order valence-electron chi connectivity index (χ1n) is 6.80. The number of likely N-dealkylation sites (N-methyl/N-ethyl adjacent to an activating group) is 1. The SMILES string of the molecule is CNC(Cc1ccc(C)cc1Cl)c1c(F)ccc(C)c1F. The first kappa shape index (κ1) is 15.9. The van der Waals surface area contributed by atoms with Crippen LogP contribution in [0.3, 0.4) is 0 Å². The summed E-state index contributed by atoms with van der Waals surface area (Å²) < 4.78 is 28.3. The highest BCUT2D eigenvalue weighted by Gasteiger charge is 2.21. The third kappa shape index (κ3) is 3.42. The van der Waals surface area contributed by atoms with Crippen molar-refractivity contribution in [3.05, 3.63) is 69.2 Å². The van der Waals surface area contributed by atoms with Crippen LogP contribution in [0.1, 0.15) is 28.3 Å². The van der Waals surface area contributed by atoms with Crippen LogP contribution in [0.5, 0.6) is 0 Å². The summed E-state index contributed by atoms with van der Waals surface area (Å²) >= 11 is 6.21. The second-order valence-electron chi connectivity index (χ2n) is 5.23. The van der Waals surface area contributed by atoms with Crippen LogP contribution in [-0.2, 0) is 6.42 Å². The Kier molecular flexibility index (Phi) is 4.96. The maximum Gasteiger partial charge on any atom is 0.133 e. The van der Waals surface area contributed by atoms with E-state index in [1.54, 1.807) is 14.0 Å². The van der Waals surface area contributed by atoms with E-state index in [-0.39, 0.29) is 5.56 Å². The maximum absolute atomic E-state index is 14.3. The van der Waals surface area contributed by atoms with E-state index in [9.17, 15) is 8.78 Å². The molecule has 0 saturated carbocycles. The van der Waals surface area contributed by atoms with Crippen molar-refractivity contribution in [2.45, 2.75) is 26.3 Å². The van der Waals surface area contributed by atoms with Crippen LogP contribution in [-0.4, -0.2) is 7.05 Å². The maximum atomic E-state index is 14.3. The van der Waals surface area contributed by atoms with E-state index in [0.29, 0.717) is 17.0 Å². The van der Waals surface area contributed by atoms with Gasteiger partial charge in [0.1, 0.15) is 11.6 Å². The van der Waals surface area contributed by atoms with Crippen molar-refractivity contribution in [1.29, 1.82) is 0 Å². The minimum Gasteiger partial charge on any atom is -0.313 e. The molecule has 0 bridgehead atoms. The van der Waals surface area contributed by atoms with Gasteiger partial charge in [-0.2, -0.15) is 0 Å². The number of benzene rings is 2. The van der Waals surface area contributed by atoms with Crippen LogP contribution in [0.4, 0.5) is 8.78 Å². The molecule has 0 aromatic heterocycles. The van der Waals surface area contributed by atoms with Crippen LogP contribution in [0.25, 0.3) is 0 Å². The van der Waals surface area contributed by atoms with E-state index in [0.717, 1.165) is 11.1 Å². The largest absolute Gasteiger partial charge is 0.313 e. The minimum atomic E-state index is -0.541. The van der Waals surface area contributed by atoms with Crippen LogP contribution >= 0.6 is 11.6 Å². The van der Waals surface area contributed by atoms with Crippen molar-refractivity contribution in [3.63, 3.8) is 0 Å². The summed E-state index contributed by atoms with van der Waals surface area (Å²) in [6.07, 6.45) is 0.424. The summed E-state index contributed by atoms with van der Waals surface area (Å²) in [4.78, 5) is 0. The second kappa shape index (κ2) is 6.54. The monoisotopic (exact) mass is 309 g/mol. The molecule has 2 rings (SSSR count). The predicted octanol–water partition coefficient (Wildman–Crippen LogP) is 4.74. The van der Waals surface area contributed by atoms with Crippen molar-refractivity contribution >= 4 is 11.6 Å². The zero-order valence-corrected chi connectivity index (χ0v) is 13.1. The van der Waals surface area contributed by atoms with Crippen molar-refractivity contribution in [3.8, 4) is 0 Å². The van der Waals surface area contributed by atoms with E-state index in [2.05, 4.69) is 5.32 Å². The molecule has 2 aromatic rings. The molecule has 21 heavy (non-hydrogen) atoms. The predicted molar refractivity (Wildman–Crippen MR) is 82.8 cm³/mol. The molecule has 0 radical (unpaired) electrons. The standard InChI is InChI=1S/C17H18ClF2N/c1-10-4-6-12(13(18)8-10)9-15(21-3)16-14(19)7-5-11(2)17(16)20/h4-8,15,21H,9H2,1-3H3. The number of nitrogens with one attached hydrogen (secondary N) is 1. The quantitative estimate of drug-likeness (QED) is 0.860. The van der Waals surface area contributed by atoms with Crippen LogP contribution in [0.15, 0.2) is 30.3 Å². The van der Waals surface area contributed by atoms with Gasteiger partial charge >= 0.3 is 0 Å². The van der Waals surface area contributed by atoms with Gasteiger partial charge in [-0.05, 0) is 56.1 Å². The molecule has 0 saturated heterocycles. The number of halogens is 3. The lowest BCUT2D eigenvalue weighted by Gasteiger charge is -2.20. The summed E-state index contributed by atoms with van der Waals surface area (Å²) in [6.45, 7) is 3.58. The van der Waals surface area contributed by atoms with Crippen molar-refractivity contribution in [2.75, 3.05) is 7.05 Å². The normalized spacial score (nSPS) is 12.5. The molecular weight excluding hydrogens is 292 g/mol. The van der Waals surface area contributed by atoms with Crippen LogP contribution in [0.2, 0.25) is 5.02 Å². The molecule has 0 heterocycles. The molecule has 1 atom stereocenters. The molecule has 0 aliphatic rings. The molecule has 0 fully saturated rings. The summed E-state index contributed by atoms with van der Waals surface area (Å²) in [6, 6.07) is 7.97. The number of rotatable bonds is 4. The summed E-state index contributed by atoms with van der Waals surface area (Å²) in [5.74, 6) is -1.04. The number of hydrogen-bond donors (Lipinski definition) is 1. The Morgan fingerprint density at radius 2 is 1.86 bits per heavy atom. The molecule has 0 amide bonds. The van der Waals surface area contributed by atoms with Gasteiger partial charge in [0, 0.05) is 16.6 Å². The Morgan fingerprint density at radius 1 is 1.14 bits per heavy atom. The highest BCUT2D eigenvalue weighted by Crippen LogP contribution is 2.28. The highest BCUT2D eigenvalue weighted by atomic mass is 35.5. The van der Waals surface area contributed by atoms with Gasteiger partial charge in [-0.15, -0.1) is 0 Å². The van der Waals surface area contributed by atoms with E-state index in [4.69, 9.17) is 11.6 Å². The Labute approximate surface area is 128 Å². The molecule has 1 nitrogen and oxygen atoms in total. The molecule has 4 heteroatoms. The topological polar surface area (TPSA) is 12.0 Å². The van der Waals surface area contributed by atoms with Gasteiger partial charge < -0.3 is 5.32 Å². The molecule has 0 aliphatic carbocycles. The second-order valence-corrected chi connectivity index (χ2v) is 5.64. The average molecular weight is 310 g/mol. The van der Waals surface area contributed by atoms with E-state index >= 15 is 0 Å². The Morgan fingerprint density at radius 3 is 2.48 bits per heavy atom. The minimum absolute atomic E-state index is 0.0640. The first-order chi connectivity index (χ1) is 9.93. The summed E-state index contributed by atoms with van der Waals surface area (Å²) in [5, 5.41) is 3.59. The highest BCUT2D eigenvalue weighted by molar-refractivity contribution is 6.31. The lowest BCUT2D eigenvalue weighted by molar-refractivity contribution is 0.486. The van der Waals surface area contributed by atoms with Gasteiger partial charge in [0.2, 0.25) is 0 Å². The van der Waals surface area contributed by atoms with Crippen molar-refractivity contribution < 1.29 is 8.78 Å². The third-order valence-corrected chi connectivity index (χ3v) is 4.00. The van der Waals surface area contributed by atoms with Gasteiger partial charge in [0.05, 0.1) is 0 Å². The van der Waals surface area contributed by atoms with Gasteiger partial charge in [0.15, 0.2) is 0 Å². The molecule has 2 aromatic carbocycles. The molecule has 1 N–H and O–H groups in total. The molecular formula is C17H18ClF2N. The Hall–Kier alpha value is -1.45. The summed E-state index contributed by atoms with van der Waals surface area (Å²) in [7, 11) is 1.69. The van der Waals surface area contributed by atoms with E-state index in [1.807, 2.05) is 25.1 Å². The third-order valence-electron chi connectivity index (χ3n) is 3.65. The lowest BCUT2D eigenvalue weighted by Crippen LogP contribution is -2.22. The summed E-state index contributed by atoms with van der Waals surface area (Å²) in [5.41, 5.74) is 2.41. The Balaban J connectivity index is 2.39. The molecule has 0 aliphatic heterocycles. The zero-order chi connectivity index (χ0) is 15.6. The van der Waals surface area contributed by atoms with E-state index in [1.165, 1.54) is 12.1 Å². The molecule has 112 valence electrons. The molecule has 0 spiro atoms.